The number of carbonyl (C=O) groups excluding carboxylic acids is 1. The van der Waals surface area contributed by atoms with Gasteiger partial charge in [-0.15, -0.1) is 4.83 Å². The predicted molar refractivity (Wildman–Crippen MR) is 106 cm³/mol. The standard InChI is InChI=1S/C19H19N3O6S/c1-3-13-5-7-16-14(11-28-18(16)8-13)9-19(23)20-21-29(26,27)15-6-4-12(2)17(10-15)22(24)25/h4-8,10-11,21H,3,9H2,1-2H3,(H,20,23). The Balaban J connectivity index is 1.70. The SMILES string of the molecule is CCc1ccc2c(CC(=O)NNS(=O)(=O)c3ccc(C)c([N+](=O)[O-])c3)coc2c1. The molecule has 1 heterocycles. The highest BCUT2D eigenvalue weighted by atomic mass is 32.2. The summed E-state index contributed by atoms with van der Waals surface area (Å²) in [6.07, 6.45) is 2.21. The number of benzene rings is 2. The summed E-state index contributed by atoms with van der Waals surface area (Å²) in [5, 5.41) is 11.8. The maximum absolute atomic E-state index is 12.3. The molecule has 0 unspecified atom stereocenters. The number of aryl methyl sites for hydroxylation is 2. The Morgan fingerprint density at radius 2 is 1.97 bits per heavy atom. The van der Waals surface area contributed by atoms with Gasteiger partial charge in [0.25, 0.3) is 15.7 Å². The molecular formula is C19H19N3O6S. The molecule has 2 N–H and O–H groups in total. The monoisotopic (exact) mass is 417 g/mol. The molecule has 2 aromatic carbocycles. The highest BCUT2D eigenvalue weighted by Crippen LogP contribution is 2.24. The quantitative estimate of drug-likeness (QED) is 0.449. The van der Waals surface area contributed by atoms with Crippen LogP contribution in [0, 0.1) is 17.0 Å². The molecule has 10 heteroatoms. The van der Waals surface area contributed by atoms with Gasteiger partial charge in [0.15, 0.2) is 0 Å². The highest BCUT2D eigenvalue weighted by Gasteiger charge is 2.21. The Hall–Kier alpha value is -3.24. The van der Waals surface area contributed by atoms with E-state index in [1.807, 2.05) is 30.0 Å². The van der Waals surface area contributed by atoms with Gasteiger partial charge in [0.2, 0.25) is 5.91 Å². The second-order valence-electron chi connectivity index (χ2n) is 6.48. The average Bonchev–Trinajstić information content (AvgIpc) is 3.08. The molecule has 0 saturated heterocycles. The topological polar surface area (TPSA) is 132 Å². The van der Waals surface area contributed by atoms with Gasteiger partial charge in [0.1, 0.15) is 5.58 Å². The number of carbonyl (C=O) groups is 1. The van der Waals surface area contributed by atoms with Gasteiger partial charge in [-0.05, 0) is 31.0 Å². The summed E-state index contributed by atoms with van der Waals surface area (Å²) >= 11 is 0. The fraction of sp³-hybridized carbons (Fsp3) is 0.211. The molecule has 9 nitrogen and oxygen atoms in total. The molecule has 1 amide bonds. The van der Waals surface area contributed by atoms with Crippen molar-refractivity contribution in [1.82, 2.24) is 10.3 Å². The van der Waals surface area contributed by atoms with Crippen LogP contribution >= 0.6 is 0 Å². The fourth-order valence-electron chi connectivity index (χ4n) is 2.84. The van der Waals surface area contributed by atoms with Crippen molar-refractivity contribution in [3.05, 3.63) is 69.5 Å². The van der Waals surface area contributed by atoms with Crippen molar-refractivity contribution in [2.75, 3.05) is 0 Å². The van der Waals surface area contributed by atoms with E-state index in [9.17, 15) is 23.3 Å². The Morgan fingerprint density at radius 3 is 2.66 bits per heavy atom. The molecule has 0 aliphatic heterocycles. The van der Waals surface area contributed by atoms with Gasteiger partial charge in [-0.3, -0.25) is 20.3 Å². The van der Waals surface area contributed by atoms with E-state index in [2.05, 4.69) is 5.43 Å². The molecular weight excluding hydrogens is 398 g/mol. The van der Waals surface area contributed by atoms with Crippen molar-refractivity contribution >= 4 is 32.6 Å². The minimum absolute atomic E-state index is 0.102. The molecule has 0 spiro atoms. The first-order valence-corrected chi connectivity index (χ1v) is 10.2. The molecule has 3 rings (SSSR count). The number of hydrogen-bond donors (Lipinski definition) is 2. The summed E-state index contributed by atoms with van der Waals surface area (Å²) in [7, 11) is -4.17. The van der Waals surface area contributed by atoms with Gasteiger partial charge in [-0.2, -0.15) is 0 Å². The molecule has 29 heavy (non-hydrogen) atoms. The second-order valence-corrected chi connectivity index (χ2v) is 8.16. The number of nitrogens with one attached hydrogen (secondary N) is 2. The second kappa shape index (κ2) is 8.02. The molecule has 0 radical (unpaired) electrons. The smallest absolute Gasteiger partial charge is 0.273 e. The van der Waals surface area contributed by atoms with Crippen LogP contribution in [0.1, 0.15) is 23.6 Å². The van der Waals surface area contributed by atoms with Gasteiger partial charge < -0.3 is 4.42 Å². The predicted octanol–water partition coefficient (Wildman–Crippen LogP) is 2.76. The van der Waals surface area contributed by atoms with E-state index in [1.54, 1.807) is 0 Å². The summed E-state index contributed by atoms with van der Waals surface area (Å²) < 4.78 is 30.2. The lowest BCUT2D eigenvalue weighted by Gasteiger charge is -2.09. The third kappa shape index (κ3) is 4.44. The zero-order valence-electron chi connectivity index (χ0n) is 15.8. The highest BCUT2D eigenvalue weighted by molar-refractivity contribution is 7.89. The number of amides is 1. The largest absolute Gasteiger partial charge is 0.464 e. The number of furan rings is 1. The molecule has 0 atom stereocenters. The van der Waals surface area contributed by atoms with Crippen LogP contribution in [0.5, 0.6) is 0 Å². The van der Waals surface area contributed by atoms with E-state index in [0.29, 0.717) is 16.7 Å². The number of hydrazine groups is 1. The summed E-state index contributed by atoms with van der Waals surface area (Å²) in [4.78, 5) is 24.2. The van der Waals surface area contributed by atoms with Crippen molar-refractivity contribution in [3.63, 3.8) is 0 Å². The van der Waals surface area contributed by atoms with E-state index in [4.69, 9.17) is 4.42 Å². The summed E-state index contributed by atoms with van der Waals surface area (Å²) in [6, 6.07) is 9.19. The van der Waals surface area contributed by atoms with Gasteiger partial charge >= 0.3 is 0 Å². The van der Waals surface area contributed by atoms with Gasteiger partial charge in [0, 0.05) is 22.6 Å². The van der Waals surface area contributed by atoms with Gasteiger partial charge in [-0.25, -0.2) is 8.42 Å². The van der Waals surface area contributed by atoms with Crippen molar-refractivity contribution in [3.8, 4) is 0 Å². The fourth-order valence-corrected chi connectivity index (χ4v) is 3.72. The van der Waals surface area contributed by atoms with Crippen molar-refractivity contribution in [2.24, 2.45) is 0 Å². The first-order valence-electron chi connectivity index (χ1n) is 8.76. The summed E-state index contributed by atoms with van der Waals surface area (Å²) in [6.45, 7) is 3.52. The number of nitro groups is 1. The zero-order valence-corrected chi connectivity index (χ0v) is 16.6. The van der Waals surface area contributed by atoms with Crippen LogP contribution in [0.2, 0.25) is 0 Å². The number of nitrogens with zero attached hydrogens (tertiary/aromatic N) is 1. The number of nitro benzene ring substituents is 1. The molecule has 0 aliphatic carbocycles. The molecule has 1 aromatic heterocycles. The maximum atomic E-state index is 12.3. The Morgan fingerprint density at radius 1 is 1.21 bits per heavy atom. The molecule has 0 aliphatic rings. The first-order chi connectivity index (χ1) is 13.7. The number of fused-ring (bicyclic) bond motifs is 1. The molecule has 0 fully saturated rings. The van der Waals surface area contributed by atoms with E-state index in [-0.39, 0.29) is 17.0 Å². The van der Waals surface area contributed by atoms with E-state index >= 15 is 0 Å². The van der Waals surface area contributed by atoms with Crippen LogP contribution in [0.25, 0.3) is 11.0 Å². The third-order valence-electron chi connectivity index (χ3n) is 4.49. The van der Waals surface area contributed by atoms with Crippen LogP contribution in [-0.2, 0) is 27.7 Å². The minimum atomic E-state index is -4.17. The van der Waals surface area contributed by atoms with Crippen LogP contribution < -0.4 is 10.3 Å². The van der Waals surface area contributed by atoms with E-state index in [0.717, 1.165) is 23.4 Å². The summed E-state index contributed by atoms with van der Waals surface area (Å²) in [5.74, 6) is -0.600. The average molecular weight is 417 g/mol. The number of sulfonamides is 1. The Bertz CT molecular complexity index is 1200. The minimum Gasteiger partial charge on any atom is -0.464 e. The van der Waals surface area contributed by atoms with Crippen LogP contribution in [-0.4, -0.2) is 19.2 Å². The van der Waals surface area contributed by atoms with Crippen molar-refractivity contribution in [1.29, 1.82) is 0 Å². The van der Waals surface area contributed by atoms with Crippen molar-refractivity contribution < 1.29 is 22.6 Å². The number of hydrogen-bond acceptors (Lipinski definition) is 6. The normalized spacial score (nSPS) is 11.5. The lowest BCUT2D eigenvalue weighted by atomic mass is 10.1. The first kappa shape index (κ1) is 20.5. The van der Waals surface area contributed by atoms with E-state index < -0.39 is 20.9 Å². The Kier molecular flexibility index (Phi) is 5.66. The van der Waals surface area contributed by atoms with Crippen LogP contribution in [0.3, 0.4) is 0 Å². The zero-order chi connectivity index (χ0) is 21.2. The maximum Gasteiger partial charge on any atom is 0.273 e. The number of rotatable bonds is 7. The lowest BCUT2D eigenvalue weighted by molar-refractivity contribution is -0.385. The van der Waals surface area contributed by atoms with Crippen molar-refractivity contribution in [2.45, 2.75) is 31.6 Å². The molecule has 3 aromatic rings. The van der Waals surface area contributed by atoms with Gasteiger partial charge in [-0.1, -0.05) is 25.1 Å². The summed E-state index contributed by atoms with van der Waals surface area (Å²) in [5.41, 5.74) is 4.50. The van der Waals surface area contributed by atoms with Crippen LogP contribution in [0.4, 0.5) is 5.69 Å². The Labute approximate surface area is 166 Å². The molecule has 0 saturated carbocycles. The molecule has 0 bridgehead atoms. The van der Waals surface area contributed by atoms with E-state index in [1.165, 1.54) is 25.3 Å². The van der Waals surface area contributed by atoms with Gasteiger partial charge in [0.05, 0.1) is 22.5 Å². The molecule has 152 valence electrons. The lowest BCUT2D eigenvalue weighted by Crippen LogP contribution is -2.42. The van der Waals surface area contributed by atoms with Crippen LogP contribution in [0.15, 0.2) is 52.0 Å². The third-order valence-corrected chi connectivity index (χ3v) is 5.74.